The van der Waals surface area contributed by atoms with E-state index in [1.165, 1.54) is 25.7 Å². The zero-order chi connectivity index (χ0) is 15.1. The van der Waals surface area contributed by atoms with Gasteiger partial charge in [-0.3, -0.25) is 0 Å². The Morgan fingerprint density at radius 2 is 2.14 bits per heavy atom. The van der Waals surface area contributed by atoms with E-state index in [1.54, 1.807) is 0 Å². The number of hydrogen-bond donors (Lipinski definition) is 3. The third-order valence-corrected chi connectivity index (χ3v) is 3.97. The molecule has 2 rings (SSSR count). The van der Waals surface area contributed by atoms with Crippen molar-refractivity contribution in [3.8, 4) is 0 Å². The molecule has 1 aliphatic rings. The first-order chi connectivity index (χ1) is 10.2. The second kappa shape index (κ2) is 8.14. The summed E-state index contributed by atoms with van der Waals surface area (Å²) < 4.78 is 5.36. The van der Waals surface area contributed by atoms with E-state index >= 15 is 0 Å². The van der Waals surface area contributed by atoms with Crippen LogP contribution in [0.1, 0.15) is 45.4 Å². The lowest BCUT2D eigenvalue weighted by atomic mass is 9.82. The van der Waals surface area contributed by atoms with Crippen LogP contribution in [0.3, 0.4) is 0 Å². The number of rotatable bonds is 7. The second-order valence-corrected chi connectivity index (χ2v) is 5.85. The number of hydrazine groups is 1. The molecule has 2 atom stereocenters. The lowest BCUT2D eigenvalue weighted by molar-refractivity contribution is 0.128. The van der Waals surface area contributed by atoms with Crippen LogP contribution in [-0.4, -0.2) is 23.1 Å². The molecule has 0 bridgehead atoms. The third kappa shape index (κ3) is 5.13. The molecule has 0 radical (unpaired) electrons. The average molecular weight is 293 g/mol. The molecule has 1 aromatic heterocycles. The summed E-state index contributed by atoms with van der Waals surface area (Å²) in [5.41, 5.74) is 2.58. The molecule has 0 spiro atoms. The van der Waals surface area contributed by atoms with Gasteiger partial charge >= 0.3 is 0 Å². The lowest BCUT2D eigenvalue weighted by Gasteiger charge is -2.27. The summed E-state index contributed by atoms with van der Waals surface area (Å²) >= 11 is 0. The monoisotopic (exact) mass is 293 g/mol. The van der Waals surface area contributed by atoms with Gasteiger partial charge in [0.15, 0.2) is 5.82 Å². The SMILES string of the molecule is CCOCc1nc(NN)cc(NCC2CCCC(C)C2)n1. The van der Waals surface area contributed by atoms with Gasteiger partial charge in [-0.05, 0) is 31.6 Å². The van der Waals surface area contributed by atoms with Gasteiger partial charge in [-0.1, -0.05) is 19.8 Å². The summed E-state index contributed by atoms with van der Waals surface area (Å²) in [7, 11) is 0. The highest BCUT2D eigenvalue weighted by Gasteiger charge is 2.18. The highest BCUT2D eigenvalue weighted by molar-refractivity contribution is 5.46. The van der Waals surface area contributed by atoms with Crippen LogP contribution in [0, 0.1) is 11.8 Å². The van der Waals surface area contributed by atoms with E-state index in [0.717, 1.165) is 24.2 Å². The van der Waals surface area contributed by atoms with E-state index in [9.17, 15) is 0 Å². The van der Waals surface area contributed by atoms with Gasteiger partial charge in [0.1, 0.15) is 18.2 Å². The van der Waals surface area contributed by atoms with Crippen molar-refractivity contribution in [2.45, 2.75) is 46.1 Å². The zero-order valence-corrected chi connectivity index (χ0v) is 13.1. The van der Waals surface area contributed by atoms with Crippen molar-refractivity contribution < 1.29 is 4.74 Å². The molecule has 118 valence electrons. The number of nitrogens with one attached hydrogen (secondary N) is 2. The highest BCUT2D eigenvalue weighted by atomic mass is 16.5. The molecule has 4 N–H and O–H groups in total. The zero-order valence-electron chi connectivity index (χ0n) is 13.1. The molecule has 2 unspecified atom stereocenters. The quantitative estimate of drug-likeness (QED) is 0.529. The molecular formula is C15H27N5O. The Bertz CT molecular complexity index is 440. The summed E-state index contributed by atoms with van der Waals surface area (Å²) in [6.07, 6.45) is 5.30. The van der Waals surface area contributed by atoms with Crippen molar-refractivity contribution in [1.82, 2.24) is 9.97 Å². The Hall–Kier alpha value is -1.40. The Labute approximate surface area is 126 Å². The molecule has 1 aliphatic carbocycles. The number of nitrogens with two attached hydrogens (primary N) is 1. The van der Waals surface area contributed by atoms with E-state index in [4.69, 9.17) is 10.6 Å². The van der Waals surface area contributed by atoms with Crippen molar-refractivity contribution in [1.29, 1.82) is 0 Å². The van der Waals surface area contributed by atoms with E-state index in [0.29, 0.717) is 24.9 Å². The first-order valence-corrected chi connectivity index (χ1v) is 7.87. The Kier molecular flexibility index (Phi) is 6.20. The molecule has 1 fully saturated rings. The maximum absolute atomic E-state index is 5.46. The van der Waals surface area contributed by atoms with Gasteiger partial charge in [0.05, 0.1) is 0 Å². The maximum Gasteiger partial charge on any atom is 0.158 e. The third-order valence-electron chi connectivity index (χ3n) is 3.97. The van der Waals surface area contributed by atoms with Gasteiger partial charge in [-0.25, -0.2) is 15.8 Å². The predicted molar refractivity (Wildman–Crippen MR) is 84.8 cm³/mol. The van der Waals surface area contributed by atoms with Crippen LogP contribution in [0.2, 0.25) is 0 Å². The van der Waals surface area contributed by atoms with Crippen LogP contribution in [0.15, 0.2) is 6.07 Å². The Balaban J connectivity index is 1.94. The van der Waals surface area contributed by atoms with Crippen molar-refractivity contribution in [2.24, 2.45) is 17.7 Å². The van der Waals surface area contributed by atoms with E-state index in [-0.39, 0.29) is 0 Å². The van der Waals surface area contributed by atoms with E-state index < -0.39 is 0 Å². The summed E-state index contributed by atoms with van der Waals surface area (Å²) in [6, 6.07) is 1.84. The molecule has 0 aliphatic heterocycles. The number of aromatic nitrogens is 2. The largest absolute Gasteiger partial charge is 0.374 e. The molecule has 21 heavy (non-hydrogen) atoms. The summed E-state index contributed by atoms with van der Waals surface area (Å²) in [5.74, 6) is 9.10. The van der Waals surface area contributed by atoms with Crippen LogP contribution < -0.4 is 16.6 Å². The van der Waals surface area contributed by atoms with Crippen molar-refractivity contribution in [3.05, 3.63) is 11.9 Å². The number of hydrogen-bond acceptors (Lipinski definition) is 6. The first kappa shape index (κ1) is 16.0. The molecule has 6 heteroatoms. The summed E-state index contributed by atoms with van der Waals surface area (Å²) in [4.78, 5) is 8.76. The standard InChI is InChI=1S/C15H27N5O/c1-3-21-10-15-18-13(8-14(19-15)20-16)17-9-12-6-4-5-11(2)7-12/h8,11-12H,3-7,9-10,16H2,1-2H3,(H2,17,18,19,20). The number of nitrogen functional groups attached to an aromatic ring is 1. The lowest BCUT2D eigenvalue weighted by Crippen LogP contribution is -2.22. The minimum atomic E-state index is 0.404. The van der Waals surface area contributed by atoms with Crippen molar-refractivity contribution >= 4 is 11.6 Å². The van der Waals surface area contributed by atoms with Gasteiger partial charge in [-0.2, -0.15) is 0 Å². The summed E-state index contributed by atoms with van der Waals surface area (Å²) in [6.45, 7) is 6.30. The van der Waals surface area contributed by atoms with Crippen LogP contribution in [-0.2, 0) is 11.3 Å². The molecule has 1 aromatic rings. The van der Waals surface area contributed by atoms with Crippen molar-refractivity contribution in [3.63, 3.8) is 0 Å². The number of ether oxygens (including phenoxy) is 1. The molecule has 6 nitrogen and oxygen atoms in total. The van der Waals surface area contributed by atoms with Gasteiger partial charge in [0, 0.05) is 19.2 Å². The van der Waals surface area contributed by atoms with E-state index in [1.807, 2.05) is 13.0 Å². The number of anilines is 2. The topological polar surface area (TPSA) is 85.1 Å². The first-order valence-electron chi connectivity index (χ1n) is 7.87. The molecule has 0 saturated heterocycles. The minimum Gasteiger partial charge on any atom is -0.374 e. The van der Waals surface area contributed by atoms with Crippen molar-refractivity contribution in [2.75, 3.05) is 23.9 Å². The summed E-state index contributed by atoms with van der Waals surface area (Å²) in [5, 5.41) is 3.42. The van der Waals surface area contributed by atoms with Gasteiger partial charge < -0.3 is 15.5 Å². The minimum absolute atomic E-state index is 0.404. The Morgan fingerprint density at radius 3 is 2.86 bits per heavy atom. The fourth-order valence-electron chi connectivity index (χ4n) is 2.91. The van der Waals surface area contributed by atoms with Gasteiger partial charge in [0.25, 0.3) is 0 Å². The second-order valence-electron chi connectivity index (χ2n) is 5.85. The highest BCUT2D eigenvalue weighted by Crippen LogP contribution is 2.28. The normalized spacial score (nSPS) is 22.0. The Morgan fingerprint density at radius 1 is 1.33 bits per heavy atom. The van der Waals surface area contributed by atoms with Gasteiger partial charge in [0.2, 0.25) is 0 Å². The van der Waals surface area contributed by atoms with Crippen LogP contribution in [0.5, 0.6) is 0 Å². The van der Waals surface area contributed by atoms with Crippen LogP contribution in [0.4, 0.5) is 11.6 Å². The smallest absolute Gasteiger partial charge is 0.158 e. The average Bonchev–Trinajstić information content (AvgIpc) is 2.51. The maximum atomic E-state index is 5.46. The molecule has 1 heterocycles. The predicted octanol–water partition coefficient (Wildman–Crippen LogP) is 2.54. The van der Waals surface area contributed by atoms with Crippen LogP contribution in [0.25, 0.3) is 0 Å². The fraction of sp³-hybridized carbons (Fsp3) is 0.733. The van der Waals surface area contributed by atoms with Crippen LogP contribution >= 0.6 is 0 Å². The van der Waals surface area contributed by atoms with E-state index in [2.05, 4.69) is 27.6 Å². The number of nitrogens with zero attached hydrogens (tertiary/aromatic N) is 2. The molecule has 1 saturated carbocycles. The molecular weight excluding hydrogens is 266 g/mol. The fourth-order valence-corrected chi connectivity index (χ4v) is 2.91. The van der Waals surface area contributed by atoms with Gasteiger partial charge in [-0.15, -0.1) is 0 Å². The molecule has 0 aromatic carbocycles. The molecule has 0 amide bonds.